The second-order valence-electron chi connectivity index (χ2n) is 3.80. The molecule has 0 saturated carbocycles. The quantitative estimate of drug-likeness (QED) is 0.456. The van der Waals surface area contributed by atoms with E-state index in [0.29, 0.717) is 11.3 Å². The Morgan fingerprint density at radius 1 is 1.29 bits per heavy atom. The van der Waals surface area contributed by atoms with Crippen molar-refractivity contribution in [2.24, 2.45) is 0 Å². The SMILES string of the molecule is C/C(=C(/C#N)C(=O)c1ccc(F)cc1)N(C)C. The number of carbonyl (C=O) groups excluding carboxylic acids is 1. The molecule has 88 valence electrons. The highest BCUT2D eigenvalue weighted by molar-refractivity contribution is 6.11. The first-order chi connectivity index (χ1) is 7.97. The molecule has 0 aromatic heterocycles. The van der Waals surface area contributed by atoms with Gasteiger partial charge in [-0.2, -0.15) is 5.26 Å². The van der Waals surface area contributed by atoms with Crippen LogP contribution in [0.1, 0.15) is 17.3 Å². The third-order valence-electron chi connectivity index (χ3n) is 2.48. The number of hydrogen-bond acceptors (Lipinski definition) is 3. The Morgan fingerprint density at radius 2 is 1.82 bits per heavy atom. The molecule has 0 aliphatic heterocycles. The van der Waals surface area contributed by atoms with Crippen molar-refractivity contribution in [3.05, 3.63) is 46.9 Å². The Morgan fingerprint density at radius 3 is 2.24 bits per heavy atom. The summed E-state index contributed by atoms with van der Waals surface area (Å²) in [5.74, 6) is -0.799. The second-order valence-corrected chi connectivity index (χ2v) is 3.80. The van der Waals surface area contributed by atoms with Gasteiger partial charge >= 0.3 is 0 Å². The van der Waals surface area contributed by atoms with Gasteiger partial charge in [0.15, 0.2) is 0 Å². The minimum absolute atomic E-state index is 0.0709. The largest absolute Gasteiger partial charge is 0.380 e. The normalized spacial score (nSPS) is 11.5. The molecule has 0 aliphatic rings. The van der Waals surface area contributed by atoms with Crippen LogP contribution in [0.5, 0.6) is 0 Å². The zero-order valence-corrected chi connectivity index (χ0v) is 9.99. The number of carbonyl (C=O) groups is 1. The molecule has 1 aromatic rings. The molecule has 0 saturated heterocycles. The summed E-state index contributed by atoms with van der Waals surface area (Å²) in [6.45, 7) is 1.69. The van der Waals surface area contributed by atoms with E-state index in [2.05, 4.69) is 0 Å². The fraction of sp³-hybridized carbons (Fsp3) is 0.231. The van der Waals surface area contributed by atoms with E-state index in [-0.39, 0.29) is 5.57 Å². The number of Topliss-reactive ketones (excluding diaryl/α,β-unsaturated/α-hetero) is 1. The minimum Gasteiger partial charge on any atom is -0.380 e. The van der Waals surface area contributed by atoms with E-state index >= 15 is 0 Å². The van der Waals surface area contributed by atoms with Crippen LogP contribution in [-0.4, -0.2) is 24.8 Å². The predicted molar refractivity (Wildman–Crippen MR) is 62.7 cm³/mol. The summed E-state index contributed by atoms with van der Waals surface area (Å²) in [7, 11) is 3.51. The van der Waals surface area contributed by atoms with Crippen LogP contribution in [0.25, 0.3) is 0 Å². The van der Waals surface area contributed by atoms with Crippen molar-refractivity contribution in [3.63, 3.8) is 0 Å². The van der Waals surface area contributed by atoms with E-state index in [1.807, 2.05) is 6.07 Å². The molecule has 0 atom stereocenters. The number of benzene rings is 1. The molecule has 1 rings (SSSR count). The molecule has 0 unspecified atom stereocenters. The Bertz CT molecular complexity index is 495. The van der Waals surface area contributed by atoms with Crippen LogP contribution in [0, 0.1) is 17.1 Å². The predicted octanol–water partition coefficient (Wildman–Crippen LogP) is 2.37. The van der Waals surface area contributed by atoms with Crippen molar-refractivity contribution in [3.8, 4) is 6.07 Å². The zero-order chi connectivity index (χ0) is 13.0. The molecule has 0 amide bonds. The summed E-state index contributed by atoms with van der Waals surface area (Å²) < 4.78 is 12.7. The third kappa shape index (κ3) is 2.91. The maximum atomic E-state index is 12.7. The van der Waals surface area contributed by atoms with E-state index in [1.54, 1.807) is 25.9 Å². The summed E-state index contributed by atoms with van der Waals surface area (Å²) >= 11 is 0. The van der Waals surface area contributed by atoms with Crippen molar-refractivity contribution < 1.29 is 9.18 Å². The monoisotopic (exact) mass is 232 g/mol. The molecule has 0 heterocycles. The van der Waals surface area contributed by atoms with Gasteiger partial charge in [0.25, 0.3) is 0 Å². The molecular weight excluding hydrogens is 219 g/mol. The Kier molecular flexibility index (Phi) is 4.00. The van der Waals surface area contributed by atoms with Gasteiger partial charge in [-0.1, -0.05) is 0 Å². The van der Waals surface area contributed by atoms with Crippen LogP contribution in [0.15, 0.2) is 35.5 Å². The lowest BCUT2D eigenvalue weighted by molar-refractivity contribution is 0.103. The van der Waals surface area contributed by atoms with Crippen molar-refractivity contribution in [2.45, 2.75) is 6.92 Å². The van der Waals surface area contributed by atoms with E-state index in [1.165, 1.54) is 24.3 Å². The first kappa shape index (κ1) is 12.9. The van der Waals surface area contributed by atoms with Crippen LogP contribution in [0.3, 0.4) is 0 Å². The first-order valence-electron chi connectivity index (χ1n) is 5.06. The summed E-state index contributed by atoms with van der Waals surface area (Å²) in [6.07, 6.45) is 0. The molecule has 0 fully saturated rings. The van der Waals surface area contributed by atoms with Crippen molar-refractivity contribution in [1.29, 1.82) is 5.26 Å². The highest BCUT2D eigenvalue weighted by Crippen LogP contribution is 2.13. The van der Waals surface area contributed by atoms with Crippen LogP contribution in [0.4, 0.5) is 4.39 Å². The van der Waals surface area contributed by atoms with E-state index in [0.717, 1.165) is 0 Å². The smallest absolute Gasteiger partial charge is 0.205 e. The van der Waals surface area contributed by atoms with Gasteiger partial charge in [0.2, 0.25) is 5.78 Å². The number of nitriles is 1. The first-order valence-corrected chi connectivity index (χ1v) is 5.06. The van der Waals surface area contributed by atoms with Gasteiger partial charge in [0, 0.05) is 25.4 Å². The van der Waals surface area contributed by atoms with Gasteiger partial charge in [-0.3, -0.25) is 4.79 Å². The molecule has 0 bridgehead atoms. The highest BCUT2D eigenvalue weighted by atomic mass is 19.1. The standard InChI is InChI=1S/C13H13FN2O/c1-9(16(2)3)12(8-15)13(17)10-4-6-11(14)7-5-10/h4-7H,1-3H3/b12-9+. The van der Waals surface area contributed by atoms with Crippen LogP contribution >= 0.6 is 0 Å². The molecule has 0 radical (unpaired) electrons. The Balaban J connectivity index is 3.17. The molecule has 0 N–H and O–H groups in total. The maximum Gasteiger partial charge on any atom is 0.205 e. The lowest BCUT2D eigenvalue weighted by Crippen LogP contribution is -2.15. The van der Waals surface area contributed by atoms with Gasteiger partial charge in [-0.15, -0.1) is 0 Å². The molecular formula is C13H13FN2O. The molecule has 4 heteroatoms. The van der Waals surface area contributed by atoms with Crippen molar-refractivity contribution in [1.82, 2.24) is 4.90 Å². The minimum atomic E-state index is -0.409. The summed E-state index contributed by atoms with van der Waals surface area (Å²) in [5, 5.41) is 9.00. The van der Waals surface area contributed by atoms with Crippen LogP contribution in [0.2, 0.25) is 0 Å². The Hall–Kier alpha value is -2.15. The van der Waals surface area contributed by atoms with Gasteiger partial charge in [-0.05, 0) is 31.2 Å². The molecule has 3 nitrogen and oxygen atoms in total. The maximum absolute atomic E-state index is 12.7. The molecule has 17 heavy (non-hydrogen) atoms. The van der Waals surface area contributed by atoms with E-state index in [4.69, 9.17) is 5.26 Å². The molecule has 1 aromatic carbocycles. The van der Waals surface area contributed by atoms with Gasteiger partial charge in [0.1, 0.15) is 17.5 Å². The highest BCUT2D eigenvalue weighted by Gasteiger charge is 2.15. The lowest BCUT2D eigenvalue weighted by Gasteiger charge is -2.14. The third-order valence-corrected chi connectivity index (χ3v) is 2.48. The topological polar surface area (TPSA) is 44.1 Å². The fourth-order valence-corrected chi connectivity index (χ4v) is 1.27. The van der Waals surface area contributed by atoms with Gasteiger partial charge < -0.3 is 4.90 Å². The zero-order valence-electron chi connectivity index (χ0n) is 9.99. The number of allylic oxidation sites excluding steroid dienone is 2. The summed E-state index contributed by atoms with van der Waals surface area (Å²) in [6, 6.07) is 7.04. The van der Waals surface area contributed by atoms with Gasteiger partial charge in [-0.25, -0.2) is 4.39 Å². The lowest BCUT2D eigenvalue weighted by atomic mass is 10.0. The van der Waals surface area contributed by atoms with Crippen molar-refractivity contribution >= 4 is 5.78 Å². The summed E-state index contributed by atoms with van der Waals surface area (Å²) in [5.41, 5.74) is 0.965. The van der Waals surface area contributed by atoms with Crippen LogP contribution in [-0.2, 0) is 0 Å². The number of halogens is 1. The van der Waals surface area contributed by atoms with Gasteiger partial charge in [0.05, 0.1) is 0 Å². The second kappa shape index (κ2) is 5.26. The van der Waals surface area contributed by atoms with E-state index in [9.17, 15) is 9.18 Å². The summed E-state index contributed by atoms with van der Waals surface area (Å²) in [4.78, 5) is 13.7. The van der Waals surface area contributed by atoms with Crippen molar-refractivity contribution in [2.75, 3.05) is 14.1 Å². The fourth-order valence-electron chi connectivity index (χ4n) is 1.27. The number of ketones is 1. The number of nitrogens with zero attached hydrogens (tertiary/aromatic N) is 2. The average Bonchev–Trinajstić information content (AvgIpc) is 2.30. The Labute approximate surface area is 99.8 Å². The average molecular weight is 232 g/mol. The molecule has 0 spiro atoms. The number of rotatable bonds is 3. The number of hydrogen-bond donors (Lipinski definition) is 0. The molecule has 0 aliphatic carbocycles. The van der Waals surface area contributed by atoms with Crippen LogP contribution < -0.4 is 0 Å². The van der Waals surface area contributed by atoms with E-state index < -0.39 is 11.6 Å².